The summed E-state index contributed by atoms with van der Waals surface area (Å²) in [6.45, 7) is 1.95. The Morgan fingerprint density at radius 3 is 2.88 bits per heavy atom. The van der Waals surface area contributed by atoms with E-state index in [-0.39, 0.29) is 6.10 Å². The third-order valence-corrected chi connectivity index (χ3v) is 5.30. The van der Waals surface area contributed by atoms with Crippen LogP contribution < -0.4 is 0 Å². The van der Waals surface area contributed by atoms with E-state index in [1.807, 2.05) is 25.7 Å². The summed E-state index contributed by atoms with van der Waals surface area (Å²) in [5, 5.41) is 15.6. The molecule has 1 aromatic heterocycles. The number of aromatic nitrogens is 2. The van der Waals surface area contributed by atoms with Gasteiger partial charge in [0, 0.05) is 24.3 Å². The van der Waals surface area contributed by atoms with Crippen LogP contribution in [-0.4, -0.2) is 32.0 Å². The summed E-state index contributed by atoms with van der Waals surface area (Å²) in [5.74, 6) is 1.17. The molecule has 3 nitrogen and oxygen atoms in total. The largest absolute Gasteiger partial charge is 0.392 e. The van der Waals surface area contributed by atoms with Crippen LogP contribution in [0, 0.1) is 6.92 Å². The van der Waals surface area contributed by atoms with Crippen LogP contribution in [0.15, 0.2) is 0 Å². The van der Waals surface area contributed by atoms with Gasteiger partial charge in [0.05, 0.1) is 11.8 Å². The first kappa shape index (κ1) is 13.2. The van der Waals surface area contributed by atoms with E-state index in [2.05, 4.69) is 5.10 Å². The van der Waals surface area contributed by atoms with Gasteiger partial charge in [-0.1, -0.05) is 18.0 Å². The van der Waals surface area contributed by atoms with Crippen molar-refractivity contribution < 1.29 is 5.11 Å². The monoisotopic (exact) mass is 274 g/mol. The standard InChI is InChI=1S/C12H19ClN2OS/c1-8-9(12(13)15(2)14-8)7-10(16)11-5-3-4-6-17-11/h10-11,16H,3-7H2,1-2H3. The lowest BCUT2D eigenvalue weighted by molar-refractivity contribution is 0.166. The molecule has 1 fully saturated rings. The van der Waals surface area contributed by atoms with Crippen LogP contribution in [0.5, 0.6) is 0 Å². The van der Waals surface area contributed by atoms with Crippen molar-refractivity contribution in [3.05, 3.63) is 16.4 Å². The van der Waals surface area contributed by atoms with Crippen LogP contribution in [0.4, 0.5) is 0 Å². The zero-order valence-electron chi connectivity index (χ0n) is 10.3. The minimum atomic E-state index is -0.305. The average molecular weight is 275 g/mol. The van der Waals surface area contributed by atoms with Crippen molar-refractivity contribution in [2.75, 3.05) is 5.75 Å². The zero-order chi connectivity index (χ0) is 12.4. The molecule has 1 aliphatic heterocycles. The number of hydrogen-bond donors (Lipinski definition) is 1. The van der Waals surface area contributed by atoms with Gasteiger partial charge in [-0.05, 0) is 25.5 Å². The Morgan fingerprint density at radius 1 is 1.59 bits per heavy atom. The van der Waals surface area contributed by atoms with Crippen LogP contribution in [0.3, 0.4) is 0 Å². The number of aliphatic hydroxyl groups is 1. The van der Waals surface area contributed by atoms with E-state index in [0.29, 0.717) is 16.8 Å². The van der Waals surface area contributed by atoms with Crippen LogP contribution >= 0.6 is 23.4 Å². The highest BCUT2D eigenvalue weighted by molar-refractivity contribution is 8.00. The second kappa shape index (κ2) is 5.63. The van der Waals surface area contributed by atoms with Gasteiger partial charge in [0.1, 0.15) is 5.15 Å². The summed E-state index contributed by atoms with van der Waals surface area (Å²) in [6, 6.07) is 0. The highest BCUT2D eigenvalue weighted by Crippen LogP contribution is 2.30. The molecule has 0 saturated carbocycles. The molecule has 2 unspecified atom stereocenters. The molecule has 0 aromatic carbocycles. The predicted octanol–water partition coefficient (Wildman–Crippen LogP) is 2.57. The number of nitrogens with zero attached hydrogens (tertiary/aromatic N) is 2. The number of rotatable bonds is 3. The van der Waals surface area contributed by atoms with Crippen molar-refractivity contribution in [3.63, 3.8) is 0 Å². The molecular formula is C12H19ClN2OS. The molecule has 0 radical (unpaired) electrons. The average Bonchev–Trinajstić information content (AvgIpc) is 2.57. The molecule has 96 valence electrons. The van der Waals surface area contributed by atoms with Gasteiger partial charge in [-0.25, -0.2) is 0 Å². The molecule has 2 heterocycles. The van der Waals surface area contributed by atoms with Crippen LogP contribution in [0.2, 0.25) is 5.15 Å². The molecule has 0 spiro atoms. The molecule has 2 atom stereocenters. The van der Waals surface area contributed by atoms with Gasteiger partial charge < -0.3 is 5.11 Å². The Hall–Kier alpha value is -0.190. The van der Waals surface area contributed by atoms with Gasteiger partial charge in [0.15, 0.2) is 0 Å². The minimum absolute atomic E-state index is 0.305. The Kier molecular flexibility index (Phi) is 4.39. The SMILES string of the molecule is Cc1nn(C)c(Cl)c1CC(O)C1CCCCS1. The Balaban J connectivity index is 2.04. The van der Waals surface area contributed by atoms with Crippen molar-refractivity contribution in [2.45, 2.75) is 44.0 Å². The quantitative estimate of drug-likeness (QED) is 0.921. The third-order valence-electron chi connectivity index (χ3n) is 3.33. The number of thioether (sulfide) groups is 1. The summed E-state index contributed by atoms with van der Waals surface area (Å²) < 4.78 is 1.67. The molecule has 1 aliphatic rings. The molecule has 0 aliphatic carbocycles. The molecule has 1 aromatic rings. The first-order valence-electron chi connectivity index (χ1n) is 6.07. The smallest absolute Gasteiger partial charge is 0.130 e. The van der Waals surface area contributed by atoms with E-state index in [0.717, 1.165) is 17.7 Å². The topological polar surface area (TPSA) is 38.0 Å². The lowest BCUT2D eigenvalue weighted by atomic mass is 10.0. The second-order valence-electron chi connectivity index (χ2n) is 4.65. The van der Waals surface area contributed by atoms with E-state index < -0.39 is 0 Å². The lowest BCUT2D eigenvalue weighted by Crippen LogP contribution is -2.28. The van der Waals surface area contributed by atoms with Crippen molar-refractivity contribution >= 4 is 23.4 Å². The van der Waals surface area contributed by atoms with Crippen molar-refractivity contribution in [1.29, 1.82) is 0 Å². The Bertz CT molecular complexity index is 388. The van der Waals surface area contributed by atoms with E-state index in [9.17, 15) is 5.11 Å². The maximum atomic E-state index is 10.3. The third kappa shape index (κ3) is 2.98. The summed E-state index contributed by atoms with van der Waals surface area (Å²) in [5.41, 5.74) is 1.92. The molecular weight excluding hydrogens is 256 g/mol. The van der Waals surface area contributed by atoms with Crippen LogP contribution in [0.1, 0.15) is 30.5 Å². The number of halogens is 1. The summed E-state index contributed by atoms with van der Waals surface area (Å²) in [4.78, 5) is 0. The molecule has 1 N–H and O–H groups in total. The van der Waals surface area contributed by atoms with E-state index >= 15 is 0 Å². The predicted molar refractivity (Wildman–Crippen MR) is 72.8 cm³/mol. The van der Waals surface area contributed by atoms with Crippen molar-refractivity contribution in [2.24, 2.45) is 7.05 Å². The Morgan fingerprint density at radius 2 is 2.35 bits per heavy atom. The van der Waals surface area contributed by atoms with E-state index in [1.54, 1.807) is 4.68 Å². The molecule has 17 heavy (non-hydrogen) atoms. The highest BCUT2D eigenvalue weighted by atomic mass is 35.5. The fourth-order valence-electron chi connectivity index (χ4n) is 2.32. The van der Waals surface area contributed by atoms with Crippen LogP contribution in [0.25, 0.3) is 0 Å². The second-order valence-corrected chi connectivity index (χ2v) is 6.36. The summed E-state index contributed by atoms with van der Waals surface area (Å²) in [6.07, 6.45) is 3.94. The first-order chi connectivity index (χ1) is 8.09. The van der Waals surface area contributed by atoms with Crippen LogP contribution in [-0.2, 0) is 13.5 Å². The van der Waals surface area contributed by atoms with E-state index in [1.165, 1.54) is 18.6 Å². The molecule has 0 amide bonds. The number of aliphatic hydroxyl groups excluding tert-OH is 1. The van der Waals surface area contributed by atoms with Crippen molar-refractivity contribution in [1.82, 2.24) is 9.78 Å². The molecule has 2 rings (SSSR count). The van der Waals surface area contributed by atoms with Gasteiger partial charge >= 0.3 is 0 Å². The highest BCUT2D eigenvalue weighted by Gasteiger charge is 2.25. The van der Waals surface area contributed by atoms with Gasteiger partial charge in [-0.3, -0.25) is 4.68 Å². The van der Waals surface area contributed by atoms with Gasteiger partial charge in [-0.2, -0.15) is 16.9 Å². The van der Waals surface area contributed by atoms with Crippen molar-refractivity contribution in [3.8, 4) is 0 Å². The van der Waals surface area contributed by atoms with Gasteiger partial charge in [0.2, 0.25) is 0 Å². The maximum absolute atomic E-state index is 10.3. The molecule has 1 saturated heterocycles. The Labute approximate surface area is 112 Å². The summed E-state index contributed by atoms with van der Waals surface area (Å²) >= 11 is 8.07. The molecule has 0 bridgehead atoms. The fraction of sp³-hybridized carbons (Fsp3) is 0.750. The lowest BCUT2D eigenvalue weighted by Gasteiger charge is -2.26. The first-order valence-corrected chi connectivity index (χ1v) is 7.50. The molecule has 5 heteroatoms. The zero-order valence-corrected chi connectivity index (χ0v) is 11.9. The minimum Gasteiger partial charge on any atom is -0.392 e. The summed E-state index contributed by atoms with van der Waals surface area (Å²) in [7, 11) is 1.83. The van der Waals surface area contributed by atoms with E-state index in [4.69, 9.17) is 11.6 Å². The number of aryl methyl sites for hydroxylation is 2. The van der Waals surface area contributed by atoms with Gasteiger partial charge in [-0.15, -0.1) is 0 Å². The fourth-order valence-corrected chi connectivity index (χ4v) is 3.89. The number of hydrogen-bond acceptors (Lipinski definition) is 3. The normalized spacial score (nSPS) is 22.7. The van der Waals surface area contributed by atoms with Gasteiger partial charge in [0.25, 0.3) is 0 Å². The maximum Gasteiger partial charge on any atom is 0.130 e.